The Morgan fingerprint density at radius 3 is 2.90 bits per heavy atom. The second kappa shape index (κ2) is 7.04. The van der Waals surface area contributed by atoms with Gasteiger partial charge in [-0.1, -0.05) is 12.5 Å². The predicted molar refractivity (Wildman–Crippen MR) is 79.4 cm³/mol. The van der Waals surface area contributed by atoms with Gasteiger partial charge >= 0.3 is 0 Å². The van der Waals surface area contributed by atoms with E-state index in [0.29, 0.717) is 18.4 Å². The van der Waals surface area contributed by atoms with Gasteiger partial charge in [0.1, 0.15) is 0 Å². The van der Waals surface area contributed by atoms with Crippen molar-refractivity contribution < 1.29 is 9.13 Å². The number of piperidine rings is 1. The van der Waals surface area contributed by atoms with Crippen LogP contribution >= 0.6 is 0 Å². The molecule has 1 aromatic carbocycles. The van der Waals surface area contributed by atoms with E-state index in [0.717, 1.165) is 18.5 Å². The van der Waals surface area contributed by atoms with Gasteiger partial charge in [-0.15, -0.1) is 0 Å². The van der Waals surface area contributed by atoms with Crippen LogP contribution in [0.2, 0.25) is 0 Å². The summed E-state index contributed by atoms with van der Waals surface area (Å²) in [6.07, 6.45) is 4.73. The van der Waals surface area contributed by atoms with Gasteiger partial charge in [0.2, 0.25) is 0 Å². The molecular formula is C16H25FN2O. The summed E-state index contributed by atoms with van der Waals surface area (Å²) in [7, 11) is 2.15. The minimum Gasteiger partial charge on any atom is -0.490 e. The zero-order valence-electron chi connectivity index (χ0n) is 12.4. The maximum Gasteiger partial charge on any atom is 0.165 e. The summed E-state index contributed by atoms with van der Waals surface area (Å²) in [5, 5.41) is 0. The predicted octanol–water partition coefficient (Wildman–Crippen LogP) is 3.10. The van der Waals surface area contributed by atoms with Gasteiger partial charge in [-0.05, 0) is 57.5 Å². The van der Waals surface area contributed by atoms with E-state index in [-0.39, 0.29) is 11.9 Å². The molecule has 4 heteroatoms. The molecule has 20 heavy (non-hydrogen) atoms. The molecule has 1 saturated heterocycles. The number of likely N-dealkylation sites (tertiary alicyclic amines) is 1. The second-order valence-electron chi connectivity index (χ2n) is 5.75. The van der Waals surface area contributed by atoms with Gasteiger partial charge in [0.15, 0.2) is 11.6 Å². The summed E-state index contributed by atoms with van der Waals surface area (Å²) in [5.41, 5.74) is 6.53. The van der Waals surface area contributed by atoms with Crippen LogP contribution in [0.3, 0.4) is 0 Å². The third kappa shape index (κ3) is 3.93. The SMILES string of the molecule is C[C@H](N)c1ccc(OCCC2CCCCN2C)c(F)c1. The van der Waals surface area contributed by atoms with Crippen molar-refractivity contribution in [2.75, 3.05) is 20.2 Å². The van der Waals surface area contributed by atoms with Gasteiger partial charge < -0.3 is 15.4 Å². The number of benzene rings is 1. The molecule has 1 aromatic rings. The van der Waals surface area contributed by atoms with Crippen LogP contribution in [0.5, 0.6) is 5.75 Å². The van der Waals surface area contributed by atoms with Gasteiger partial charge in [-0.25, -0.2) is 4.39 Å². The Kier molecular flexibility index (Phi) is 5.38. The highest BCUT2D eigenvalue weighted by atomic mass is 19.1. The van der Waals surface area contributed by atoms with E-state index in [9.17, 15) is 4.39 Å². The van der Waals surface area contributed by atoms with Crippen LogP contribution in [-0.2, 0) is 0 Å². The molecule has 0 bridgehead atoms. The Morgan fingerprint density at radius 1 is 1.45 bits per heavy atom. The number of ether oxygens (including phenoxy) is 1. The highest BCUT2D eigenvalue weighted by Gasteiger charge is 2.18. The van der Waals surface area contributed by atoms with E-state index < -0.39 is 0 Å². The largest absolute Gasteiger partial charge is 0.490 e. The Hall–Kier alpha value is -1.13. The van der Waals surface area contributed by atoms with E-state index in [1.807, 2.05) is 13.0 Å². The fourth-order valence-electron chi connectivity index (χ4n) is 2.73. The number of nitrogens with two attached hydrogens (primary N) is 1. The van der Waals surface area contributed by atoms with Crippen LogP contribution in [0.4, 0.5) is 4.39 Å². The molecule has 1 aliphatic heterocycles. The lowest BCUT2D eigenvalue weighted by Gasteiger charge is -2.32. The fraction of sp³-hybridized carbons (Fsp3) is 0.625. The van der Waals surface area contributed by atoms with Gasteiger partial charge in [0.05, 0.1) is 6.61 Å². The lowest BCUT2D eigenvalue weighted by atomic mass is 10.0. The third-order valence-electron chi connectivity index (χ3n) is 4.11. The fourth-order valence-corrected chi connectivity index (χ4v) is 2.73. The second-order valence-corrected chi connectivity index (χ2v) is 5.75. The van der Waals surface area contributed by atoms with Crippen LogP contribution in [0.1, 0.15) is 44.2 Å². The van der Waals surface area contributed by atoms with Crippen molar-refractivity contribution in [2.24, 2.45) is 5.73 Å². The summed E-state index contributed by atoms with van der Waals surface area (Å²) >= 11 is 0. The molecule has 1 fully saturated rings. The number of hydrogen-bond donors (Lipinski definition) is 1. The van der Waals surface area contributed by atoms with Gasteiger partial charge in [-0.2, -0.15) is 0 Å². The number of hydrogen-bond acceptors (Lipinski definition) is 3. The minimum absolute atomic E-state index is 0.158. The van der Waals surface area contributed by atoms with E-state index in [2.05, 4.69) is 11.9 Å². The van der Waals surface area contributed by atoms with Crippen LogP contribution in [0.15, 0.2) is 18.2 Å². The average molecular weight is 280 g/mol. The molecule has 1 aliphatic rings. The van der Waals surface area contributed by atoms with Crippen LogP contribution in [0, 0.1) is 5.82 Å². The number of halogens is 1. The molecule has 2 atom stereocenters. The maximum atomic E-state index is 13.9. The zero-order chi connectivity index (χ0) is 14.5. The van der Waals surface area contributed by atoms with Crippen molar-refractivity contribution in [3.05, 3.63) is 29.6 Å². The molecule has 0 aromatic heterocycles. The first-order chi connectivity index (χ1) is 9.58. The van der Waals surface area contributed by atoms with Crippen LogP contribution in [-0.4, -0.2) is 31.1 Å². The topological polar surface area (TPSA) is 38.5 Å². The maximum absolute atomic E-state index is 13.9. The van der Waals surface area contributed by atoms with Gasteiger partial charge in [0, 0.05) is 12.1 Å². The molecular weight excluding hydrogens is 255 g/mol. The molecule has 2 N–H and O–H groups in total. The van der Waals surface area contributed by atoms with Crippen LogP contribution < -0.4 is 10.5 Å². The van der Waals surface area contributed by atoms with E-state index in [4.69, 9.17) is 10.5 Å². The Balaban J connectivity index is 1.84. The molecule has 0 radical (unpaired) electrons. The first-order valence-electron chi connectivity index (χ1n) is 7.46. The molecule has 3 nitrogen and oxygen atoms in total. The summed E-state index contributed by atoms with van der Waals surface area (Å²) in [4.78, 5) is 2.38. The Labute approximate surface area is 120 Å². The average Bonchev–Trinajstić information content (AvgIpc) is 2.42. The molecule has 1 heterocycles. The molecule has 1 unspecified atom stereocenters. The molecule has 0 aliphatic carbocycles. The lowest BCUT2D eigenvalue weighted by molar-refractivity contribution is 0.151. The Morgan fingerprint density at radius 2 is 2.25 bits per heavy atom. The number of nitrogens with zero attached hydrogens (tertiary/aromatic N) is 1. The van der Waals surface area contributed by atoms with Crippen molar-refractivity contribution in [3.8, 4) is 5.75 Å². The van der Waals surface area contributed by atoms with Gasteiger partial charge in [0.25, 0.3) is 0 Å². The Bertz CT molecular complexity index is 436. The quantitative estimate of drug-likeness (QED) is 0.900. The monoisotopic (exact) mass is 280 g/mol. The summed E-state index contributed by atoms with van der Waals surface area (Å²) in [6.45, 7) is 3.56. The molecule has 0 amide bonds. The molecule has 112 valence electrons. The van der Waals surface area contributed by atoms with Crippen molar-refractivity contribution in [2.45, 2.75) is 44.7 Å². The lowest BCUT2D eigenvalue weighted by Crippen LogP contribution is -2.37. The highest BCUT2D eigenvalue weighted by molar-refractivity contribution is 5.30. The minimum atomic E-state index is -0.322. The normalized spacial score (nSPS) is 21.7. The first kappa shape index (κ1) is 15.3. The summed E-state index contributed by atoms with van der Waals surface area (Å²) in [6, 6.07) is 5.38. The van der Waals surface area contributed by atoms with E-state index in [1.54, 1.807) is 6.07 Å². The van der Waals surface area contributed by atoms with Crippen molar-refractivity contribution in [1.82, 2.24) is 4.90 Å². The molecule has 2 rings (SSSR count). The standard InChI is InChI=1S/C16H25FN2O/c1-12(18)13-6-7-16(15(17)11-13)20-10-8-14-5-3-4-9-19(14)2/h6-7,11-12,14H,3-5,8-10,18H2,1-2H3/t12-,14?/m0/s1. The smallest absolute Gasteiger partial charge is 0.165 e. The summed E-state index contributed by atoms with van der Waals surface area (Å²) < 4.78 is 19.4. The first-order valence-corrected chi connectivity index (χ1v) is 7.46. The molecule has 0 saturated carbocycles. The third-order valence-corrected chi connectivity index (χ3v) is 4.11. The number of rotatable bonds is 5. The van der Waals surface area contributed by atoms with Crippen molar-refractivity contribution >= 4 is 0 Å². The van der Waals surface area contributed by atoms with Crippen LogP contribution in [0.25, 0.3) is 0 Å². The van der Waals surface area contributed by atoms with Crippen molar-refractivity contribution in [3.63, 3.8) is 0 Å². The van der Waals surface area contributed by atoms with E-state index >= 15 is 0 Å². The van der Waals surface area contributed by atoms with E-state index in [1.165, 1.54) is 25.3 Å². The molecule has 0 spiro atoms. The zero-order valence-corrected chi connectivity index (χ0v) is 12.4. The summed E-state index contributed by atoms with van der Waals surface area (Å²) in [5.74, 6) is 0.00432. The van der Waals surface area contributed by atoms with Crippen molar-refractivity contribution in [1.29, 1.82) is 0 Å². The highest BCUT2D eigenvalue weighted by Crippen LogP contribution is 2.22. The van der Waals surface area contributed by atoms with Gasteiger partial charge in [-0.3, -0.25) is 0 Å².